The molecule has 0 N–H and O–H groups in total. The van der Waals surface area contributed by atoms with Crippen LogP contribution >= 0.6 is 23.4 Å². The molecule has 0 saturated carbocycles. The lowest BCUT2D eigenvalue weighted by atomic mass is 10.2. The van der Waals surface area contributed by atoms with Gasteiger partial charge in [0.25, 0.3) is 0 Å². The minimum absolute atomic E-state index is 0.0152. The summed E-state index contributed by atoms with van der Waals surface area (Å²) in [5.41, 5.74) is -1.69. The van der Waals surface area contributed by atoms with E-state index in [1.807, 2.05) is 0 Å². The topological polar surface area (TPSA) is 37.4 Å². The number of hydrogen-bond donors (Lipinski definition) is 0. The second-order valence-electron chi connectivity index (χ2n) is 5.32. The number of amides is 1. The van der Waals surface area contributed by atoms with Crippen molar-refractivity contribution >= 4 is 41.2 Å². The lowest BCUT2D eigenvalue weighted by Crippen LogP contribution is -2.28. The van der Waals surface area contributed by atoms with E-state index in [9.17, 15) is 27.2 Å². The van der Waals surface area contributed by atoms with Gasteiger partial charge in [0.15, 0.2) is 6.29 Å². The lowest BCUT2D eigenvalue weighted by Gasteiger charge is -2.24. The number of carbonyl (C=O) groups excluding carboxylic acids is 2. The van der Waals surface area contributed by atoms with E-state index in [0.717, 1.165) is 31.7 Å². The Morgan fingerprint density at radius 2 is 1.89 bits per heavy atom. The quantitative estimate of drug-likeness (QED) is 0.184. The van der Waals surface area contributed by atoms with Gasteiger partial charge >= 0.3 is 6.18 Å². The molecule has 0 heterocycles. The number of alkyl halides is 3. The number of allylic oxidation sites excluding steroid dienone is 4. The van der Waals surface area contributed by atoms with Crippen LogP contribution in [0.4, 0.5) is 23.2 Å². The summed E-state index contributed by atoms with van der Waals surface area (Å²) in [6.45, 7) is 6.93. The van der Waals surface area contributed by atoms with Gasteiger partial charge < -0.3 is 0 Å². The fraction of sp³-hybridized carbons (Fsp3) is 0.222. The van der Waals surface area contributed by atoms with Gasteiger partial charge in [0.2, 0.25) is 5.91 Å². The van der Waals surface area contributed by atoms with Crippen LogP contribution in [0.25, 0.3) is 0 Å². The molecule has 1 aromatic carbocycles. The Morgan fingerprint density at radius 3 is 2.33 bits per heavy atom. The van der Waals surface area contributed by atoms with E-state index in [-0.39, 0.29) is 26.2 Å². The number of rotatable bonds is 6. The van der Waals surface area contributed by atoms with Gasteiger partial charge in [-0.25, -0.2) is 4.39 Å². The summed E-state index contributed by atoms with van der Waals surface area (Å²) in [4.78, 5) is 24.2. The first kappa shape index (κ1) is 23.0. The molecule has 3 nitrogen and oxygen atoms in total. The molecule has 0 unspecified atom stereocenters. The third-order valence-corrected chi connectivity index (χ3v) is 4.85. The standard InChI is InChI=1S/C18H16ClF4NO2S/c1-5-13(9-25)27-17-8-16(15(20)7-14(17)19)24(12(4)26)11(3)6-10(2)18(21,22)23/h5-9H,3H2,1-2,4H3/b10-6+,13-5?. The van der Waals surface area contributed by atoms with Crippen LogP contribution in [0.3, 0.4) is 0 Å². The van der Waals surface area contributed by atoms with Gasteiger partial charge in [-0.1, -0.05) is 36.0 Å². The highest BCUT2D eigenvalue weighted by molar-refractivity contribution is 8.04. The normalized spacial score (nSPS) is 12.7. The molecule has 0 saturated heterocycles. The van der Waals surface area contributed by atoms with E-state index in [1.54, 1.807) is 6.92 Å². The molecule has 1 amide bonds. The summed E-state index contributed by atoms with van der Waals surface area (Å²) in [6.07, 6.45) is -1.89. The predicted molar refractivity (Wildman–Crippen MR) is 99.2 cm³/mol. The van der Waals surface area contributed by atoms with Crippen LogP contribution in [0.2, 0.25) is 5.02 Å². The molecule has 9 heteroatoms. The van der Waals surface area contributed by atoms with Crippen molar-refractivity contribution in [1.82, 2.24) is 0 Å². The zero-order valence-corrected chi connectivity index (χ0v) is 16.2. The zero-order valence-electron chi connectivity index (χ0n) is 14.7. The molecule has 27 heavy (non-hydrogen) atoms. The van der Waals surface area contributed by atoms with Crippen molar-refractivity contribution in [2.24, 2.45) is 0 Å². The fourth-order valence-electron chi connectivity index (χ4n) is 1.97. The zero-order chi connectivity index (χ0) is 20.9. The van der Waals surface area contributed by atoms with E-state index < -0.39 is 23.5 Å². The fourth-order valence-corrected chi connectivity index (χ4v) is 2.98. The Balaban J connectivity index is 3.47. The number of thioether (sulfide) groups is 1. The van der Waals surface area contributed by atoms with Crippen molar-refractivity contribution in [2.75, 3.05) is 4.90 Å². The summed E-state index contributed by atoms with van der Waals surface area (Å²) in [5, 5.41) is -0.0152. The summed E-state index contributed by atoms with van der Waals surface area (Å²) in [5.74, 6) is -1.67. The third-order valence-electron chi connectivity index (χ3n) is 3.30. The first-order valence-corrected chi connectivity index (χ1v) is 8.65. The molecule has 0 atom stereocenters. The van der Waals surface area contributed by atoms with Gasteiger partial charge in [0.05, 0.1) is 10.7 Å². The van der Waals surface area contributed by atoms with Crippen molar-refractivity contribution in [3.8, 4) is 0 Å². The number of benzene rings is 1. The smallest absolute Gasteiger partial charge is 0.297 e. The molecular formula is C18H16ClF4NO2S. The van der Waals surface area contributed by atoms with Gasteiger partial charge in [-0.2, -0.15) is 13.2 Å². The van der Waals surface area contributed by atoms with Crippen molar-refractivity contribution in [2.45, 2.75) is 31.8 Å². The Labute approximate surface area is 163 Å². The molecule has 1 aromatic rings. The molecule has 0 spiro atoms. The predicted octanol–water partition coefficient (Wildman–Crippen LogP) is 6.05. The van der Waals surface area contributed by atoms with Gasteiger partial charge in [-0.3, -0.25) is 14.5 Å². The summed E-state index contributed by atoms with van der Waals surface area (Å²) in [7, 11) is 0. The van der Waals surface area contributed by atoms with Gasteiger partial charge in [-0.15, -0.1) is 0 Å². The lowest BCUT2D eigenvalue weighted by molar-refractivity contribution is -0.116. The molecular weight excluding hydrogens is 406 g/mol. The first-order valence-electron chi connectivity index (χ1n) is 7.45. The Morgan fingerprint density at radius 1 is 1.30 bits per heavy atom. The molecule has 0 radical (unpaired) electrons. The van der Waals surface area contributed by atoms with E-state index >= 15 is 0 Å². The average molecular weight is 422 g/mol. The summed E-state index contributed by atoms with van der Waals surface area (Å²) < 4.78 is 52.7. The highest BCUT2D eigenvalue weighted by Gasteiger charge is 2.31. The van der Waals surface area contributed by atoms with Crippen molar-refractivity contribution in [3.05, 3.63) is 57.9 Å². The van der Waals surface area contributed by atoms with Crippen LogP contribution in [0.15, 0.2) is 51.9 Å². The Kier molecular flexibility index (Phi) is 7.86. The minimum atomic E-state index is -4.62. The number of hydrogen-bond acceptors (Lipinski definition) is 3. The molecule has 0 aliphatic rings. The molecule has 0 aromatic heterocycles. The average Bonchev–Trinajstić information content (AvgIpc) is 2.54. The van der Waals surface area contributed by atoms with E-state index in [4.69, 9.17) is 11.6 Å². The number of nitrogens with zero attached hydrogens (tertiary/aromatic N) is 1. The van der Waals surface area contributed by atoms with Crippen LogP contribution in [0, 0.1) is 5.82 Å². The monoisotopic (exact) mass is 421 g/mol. The number of halogens is 5. The SMILES string of the molecule is C=C(/C=C(\C)C(F)(F)F)N(C(C)=O)c1cc(SC(C=O)=CC)c(Cl)cc1F. The van der Waals surface area contributed by atoms with E-state index in [2.05, 4.69) is 6.58 Å². The molecule has 146 valence electrons. The van der Waals surface area contributed by atoms with Crippen LogP contribution in [0.5, 0.6) is 0 Å². The molecule has 0 bridgehead atoms. The molecule has 0 aliphatic carbocycles. The van der Waals surface area contributed by atoms with E-state index in [1.165, 1.54) is 12.1 Å². The second-order valence-corrected chi connectivity index (χ2v) is 6.84. The number of anilines is 1. The molecule has 1 rings (SSSR count). The summed E-state index contributed by atoms with van der Waals surface area (Å²) in [6, 6.07) is 2.10. The first-order chi connectivity index (χ1) is 12.4. The molecule has 0 aliphatic heterocycles. The highest BCUT2D eigenvalue weighted by atomic mass is 35.5. The minimum Gasteiger partial charge on any atom is -0.297 e. The van der Waals surface area contributed by atoms with Crippen molar-refractivity contribution in [1.29, 1.82) is 0 Å². The Bertz CT molecular complexity index is 831. The second kappa shape index (κ2) is 9.23. The Hall–Kier alpha value is -2.06. The maximum Gasteiger partial charge on any atom is 0.412 e. The van der Waals surface area contributed by atoms with Gasteiger partial charge in [0.1, 0.15) is 5.82 Å². The summed E-state index contributed by atoms with van der Waals surface area (Å²) >= 11 is 6.91. The van der Waals surface area contributed by atoms with Crippen LogP contribution in [0.1, 0.15) is 20.8 Å². The third kappa shape index (κ3) is 5.97. The van der Waals surface area contributed by atoms with Gasteiger partial charge in [0, 0.05) is 28.0 Å². The van der Waals surface area contributed by atoms with E-state index in [0.29, 0.717) is 17.3 Å². The number of carbonyl (C=O) groups is 2. The van der Waals surface area contributed by atoms with Crippen LogP contribution < -0.4 is 4.90 Å². The van der Waals surface area contributed by atoms with Crippen LogP contribution in [-0.2, 0) is 9.59 Å². The highest BCUT2D eigenvalue weighted by Crippen LogP contribution is 2.38. The maximum atomic E-state index is 14.4. The van der Waals surface area contributed by atoms with Crippen molar-refractivity contribution < 1.29 is 27.2 Å². The largest absolute Gasteiger partial charge is 0.412 e. The van der Waals surface area contributed by atoms with Crippen molar-refractivity contribution in [3.63, 3.8) is 0 Å². The van der Waals surface area contributed by atoms with Crippen LogP contribution in [-0.4, -0.2) is 18.4 Å². The number of aldehydes is 1. The molecule has 0 fully saturated rings. The van der Waals surface area contributed by atoms with Gasteiger partial charge in [-0.05, 0) is 32.1 Å². The maximum absolute atomic E-state index is 14.4.